The molecule has 0 amide bonds. The van der Waals surface area contributed by atoms with Crippen LogP contribution in [0.3, 0.4) is 0 Å². The number of fused-ring (bicyclic) bond motifs is 1. The van der Waals surface area contributed by atoms with E-state index < -0.39 is 5.97 Å². The van der Waals surface area contributed by atoms with Crippen LogP contribution in [0.25, 0.3) is 10.9 Å². The second kappa shape index (κ2) is 4.98. The number of ether oxygens (including phenoxy) is 1. The van der Waals surface area contributed by atoms with Crippen molar-refractivity contribution in [2.75, 3.05) is 0 Å². The molecule has 1 heterocycles. The number of aromatic carboxylic acids is 1. The molecule has 0 atom stereocenters. The van der Waals surface area contributed by atoms with Crippen molar-refractivity contribution in [1.29, 1.82) is 0 Å². The smallest absolute Gasteiger partial charge is 0.335 e. The SMILES string of the molecule is Cc1[nH]c2ccc(Oc3ccc(C(=O)O)cc3)cc2c1C. The average Bonchev–Trinajstić information content (AvgIpc) is 2.75. The molecule has 106 valence electrons. The fourth-order valence-corrected chi connectivity index (χ4v) is 2.31. The molecule has 3 aromatic rings. The topological polar surface area (TPSA) is 62.3 Å². The van der Waals surface area contributed by atoms with Gasteiger partial charge in [-0.05, 0) is 61.9 Å². The molecule has 4 heteroatoms. The van der Waals surface area contributed by atoms with Crippen molar-refractivity contribution in [3.05, 3.63) is 59.3 Å². The molecule has 0 bridgehead atoms. The Labute approximate surface area is 122 Å². The van der Waals surface area contributed by atoms with E-state index in [1.54, 1.807) is 12.1 Å². The molecule has 1 aromatic heterocycles. The largest absolute Gasteiger partial charge is 0.478 e. The summed E-state index contributed by atoms with van der Waals surface area (Å²) in [6, 6.07) is 12.2. The van der Waals surface area contributed by atoms with Crippen molar-refractivity contribution in [3.63, 3.8) is 0 Å². The number of carboxylic acid groups (broad SMARTS) is 1. The van der Waals surface area contributed by atoms with Gasteiger partial charge in [0.15, 0.2) is 0 Å². The van der Waals surface area contributed by atoms with Crippen LogP contribution in [0.1, 0.15) is 21.6 Å². The first kappa shape index (κ1) is 13.2. The molecule has 0 spiro atoms. The Morgan fingerprint density at radius 3 is 2.38 bits per heavy atom. The third-order valence-corrected chi connectivity index (χ3v) is 3.62. The lowest BCUT2D eigenvalue weighted by Gasteiger charge is -2.06. The van der Waals surface area contributed by atoms with Crippen LogP contribution in [0.15, 0.2) is 42.5 Å². The molecular formula is C17H15NO3. The highest BCUT2D eigenvalue weighted by molar-refractivity contribution is 5.87. The van der Waals surface area contributed by atoms with Crippen LogP contribution in [0.5, 0.6) is 11.5 Å². The van der Waals surface area contributed by atoms with Gasteiger partial charge in [0.25, 0.3) is 0 Å². The van der Waals surface area contributed by atoms with Crippen LogP contribution >= 0.6 is 0 Å². The van der Waals surface area contributed by atoms with E-state index >= 15 is 0 Å². The van der Waals surface area contributed by atoms with Gasteiger partial charge < -0.3 is 14.8 Å². The van der Waals surface area contributed by atoms with Crippen LogP contribution in [0, 0.1) is 13.8 Å². The summed E-state index contributed by atoms with van der Waals surface area (Å²) in [5.74, 6) is 0.401. The third kappa shape index (κ3) is 2.48. The second-order valence-corrected chi connectivity index (χ2v) is 5.01. The zero-order chi connectivity index (χ0) is 15.0. The fraction of sp³-hybridized carbons (Fsp3) is 0.118. The fourth-order valence-electron chi connectivity index (χ4n) is 2.31. The van der Waals surface area contributed by atoms with E-state index in [0.717, 1.165) is 22.3 Å². The van der Waals surface area contributed by atoms with Gasteiger partial charge >= 0.3 is 5.97 Å². The molecule has 0 aliphatic carbocycles. The number of aryl methyl sites for hydroxylation is 2. The Hall–Kier alpha value is -2.75. The van der Waals surface area contributed by atoms with E-state index in [4.69, 9.17) is 9.84 Å². The molecule has 0 unspecified atom stereocenters. The maximum atomic E-state index is 10.8. The van der Waals surface area contributed by atoms with E-state index in [1.165, 1.54) is 17.7 Å². The lowest BCUT2D eigenvalue weighted by atomic mass is 10.1. The number of aromatic nitrogens is 1. The van der Waals surface area contributed by atoms with Gasteiger partial charge in [-0.1, -0.05) is 0 Å². The summed E-state index contributed by atoms with van der Waals surface area (Å²) in [5.41, 5.74) is 3.68. The zero-order valence-electron chi connectivity index (χ0n) is 11.8. The monoisotopic (exact) mass is 281 g/mol. The third-order valence-electron chi connectivity index (χ3n) is 3.62. The average molecular weight is 281 g/mol. The number of aromatic amines is 1. The summed E-state index contributed by atoms with van der Waals surface area (Å²) in [5, 5.41) is 10.0. The van der Waals surface area contributed by atoms with Crippen molar-refractivity contribution < 1.29 is 14.6 Å². The molecule has 2 aromatic carbocycles. The van der Waals surface area contributed by atoms with E-state index in [9.17, 15) is 4.79 Å². The minimum atomic E-state index is -0.943. The minimum absolute atomic E-state index is 0.245. The van der Waals surface area contributed by atoms with Gasteiger partial charge in [0.1, 0.15) is 11.5 Å². The van der Waals surface area contributed by atoms with Crippen molar-refractivity contribution in [2.45, 2.75) is 13.8 Å². The van der Waals surface area contributed by atoms with Gasteiger partial charge in [0, 0.05) is 16.6 Å². The Bertz CT molecular complexity index is 816. The molecule has 21 heavy (non-hydrogen) atoms. The lowest BCUT2D eigenvalue weighted by molar-refractivity contribution is 0.0697. The molecule has 0 aliphatic rings. The standard InChI is InChI=1S/C17H15NO3/c1-10-11(2)18-16-8-7-14(9-15(10)16)21-13-5-3-12(4-6-13)17(19)20/h3-9,18H,1-2H3,(H,19,20). The molecule has 2 N–H and O–H groups in total. The maximum absolute atomic E-state index is 10.8. The number of nitrogens with one attached hydrogen (secondary N) is 1. The summed E-state index contributed by atoms with van der Waals surface area (Å²) in [6.07, 6.45) is 0. The first-order valence-corrected chi connectivity index (χ1v) is 6.65. The zero-order valence-corrected chi connectivity index (χ0v) is 11.8. The number of H-pyrrole nitrogens is 1. The highest BCUT2D eigenvalue weighted by atomic mass is 16.5. The molecule has 0 fully saturated rings. The lowest BCUT2D eigenvalue weighted by Crippen LogP contribution is -1.95. The van der Waals surface area contributed by atoms with Gasteiger partial charge in [-0.25, -0.2) is 4.79 Å². The predicted molar refractivity (Wildman–Crippen MR) is 81.2 cm³/mol. The van der Waals surface area contributed by atoms with E-state index in [2.05, 4.69) is 11.9 Å². The van der Waals surface area contributed by atoms with Gasteiger partial charge in [0.05, 0.1) is 5.56 Å². The van der Waals surface area contributed by atoms with Gasteiger partial charge in [0.2, 0.25) is 0 Å². The summed E-state index contributed by atoms with van der Waals surface area (Å²) >= 11 is 0. The quantitative estimate of drug-likeness (QED) is 0.753. The molecular weight excluding hydrogens is 266 g/mol. The highest BCUT2D eigenvalue weighted by Crippen LogP contribution is 2.28. The Balaban J connectivity index is 1.90. The van der Waals surface area contributed by atoms with E-state index in [1.807, 2.05) is 25.1 Å². The van der Waals surface area contributed by atoms with Gasteiger partial charge in [-0.3, -0.25) is 0 Å². The molecule has 4 nitrogen and oxygen atoms in total. The summed E-state index contributed by atoms with van der Waals surface area (Å²) < 4.78 is 5.78. The number of benzene rings is 2. The van der Waals surface area contributed by atoms with Crippen molar-refractivity contribution in [2.24, 2.45) is 0 Å². The number of carboxylic acids is 1. The van der Waals surface area contributed by atoms with E-state index in [-0.39, 0.29) is 5.56 Å². The van der Waals surface area contributed by atoms with Crippen LogP contribution < -0.4 is 4.74 Å². The first-order chi connectivity index (χ1) is 10.0. The number of rotatable bonds is 3. The minimum Gasteiger partial charge on any atom is -0.478 e. The molecule has 0 aliphatic heterocycles. The normalized spacial score (nSPS) is 10.8. The first-order valence-electron chi connectivity index (χ1n) is 6.65. The number of carbonyl (C=O) groups is 1. The number of hydrogen-bond acceptors (Lipinski definition) is 2. The van der Waals surface area contributed by atoms with Crippen LogP contribution in [-0.4, -0.2) is 16.1 Å². The Morgan fingerprint density at radius 1 is 1.05 bits per heavy atom. The van der Waals surface area contributed by atoms with Crippen LogP contribution in [0.2, 0.25) is 0 Å². The molecule has 0 radical (unpaired) electrons. The maximum Gasteiger partial charge on any atom is 0.335 e. The van der Waals surface area contributed by atoms with E-state index in [0.29, 0.717) is 5.75 Å². The van der Waals surface area contributed by atoms with Gasteiger partial charge in [-0.2, -0.15) is 0 Å². The molecule has 0 saturated carbocycles. The molecule has 3 rings (SSSR count). The van der Waals surface area contributed by atoms with Crippen molar-refractivity contribution >= 4 is 16.9 Å². The molecule has 0 saturated heterocycles. The summed E-state index contributed by atoms with van der Waals surface area (Å²) in [4.78, 5) is 14.1. The predicted octanol–water partition coefficient (Wildman–Crippen LogP) is 4.28. The summed E-state index contributed by atoms with van der Waals surface area (Å²) in [7, 11) is 0. The Kier molecular flexibility index (Phi) is 3.14. The number of hydrogen-bond donors (Lipinski definition) is 2. The van der Waals surface area contributed by atoms with Crippen molar-refractivity contribution in [1.82, 2.24) is 4.98 Å². The highest BCUT2D eigenvalue weighted by Gasteiger charge is 2.07. The second-order valence-electron chi connectivity index (χ2n) is 5.01. The Morgan fingerprint density at radius 2 is 1.71 bits per heavy atom. The van der Waals surface area contributed by atoms with Crippen molar-refractivity contribution in [3.8, 4) is 11.5 Å². The van der Waals surface area contributed by atoms with Crippen LogP contribution in [-0.2, 0) is 0 Å². The van der Waals surface area contributed by atoms with Gasteiger partial charge in [-0.15, -0.1) is 0 Å². The summed E-state index contributed by atoms with van der Waals surface area (Å²) in [6.45, 7) is 4.11. The van der Waals surface area contributed by atoms with Crippen LogP contribution in [0.4, 0.5) is 0 Å².